The number of hydrogen-bond acceptors (Lipinski definition) is 2. The minimum Gasteiger partial charge on any atom is -0.314 e. The lowest BCUT2D eigenvalue weighted by Crippen LogP contribution is -2.58. The van der Waals surface area contributed by atoms with E-state index < -0.39 is 0 Å². The third kappa shape index (κ3) is 1.45. The normalized spacial score (nSPS) is 22.0. The lowest BCUT2D eigenvalue weighted by Gasteiger charge is -2.31. The molecule has 2 N–H and O–H groups in total. The fraction of sp³-hybridized carbons (Fsp3) is 0.500. The van der Waals surface area contributed by atoms with Gasteiger partial charge in [0.15, 0.2) is 0 Å². The number of nitrogens with one attached hydrogen (secondary N) is 2. The number of benzene rings is 1. The summed E-state index contributed by atoms with van der Waals surface area (Å²) in [5.41, 5.74) is 3.08. The van der Waals surface area contributed by atoms with Crippen molar-refractivity contribution in [3.05, 3.63) is 35.4 Å². The van der Waals surface area contributed by atoms with Crippen LogP contribution in [0.5, 0.6) is 0 Å². The minimum absolute atomic E-state index is 0.680. The highest BCUT2D eigenvalue weighted by molar-refractivity contribution is 5.33. The molecule has 0 aromatic heterocycles. The van der Waals surface area contributed by atoms with Gasteiger partial charge in [0, 0.05) is 25.2 Å². The molecule has 14 heavy (non-hydrogen) atoms. The van der Waals surface area contributed by atoms with Crippen LogP contribution >= 0.6 is 0 Å². The Labute approximate surface area is 84.7 Å². The van der Waals surface area contributed by atoms with Crippen LogP contribution in [0.4, 0.5) is 0 Å². The van der Waals surface area contributed by atoms with Crippen molar-refractivity contribution in [2.45, 2.75) is 24.9 Å². The van der Waals surface area contributed by atoms with E-state index in [4.69, 9.17) is 0 Å². The molecule has 2 aliphatic rings. The van der Waals surface area contributed by atoms with E-state index in [0.717, 1.165) is 13.1 Å². The highest BCUT2D eigenvalue weighted by Gasteiger charge is 2.25. The van der Waals surface area contributed by atoms with E-state index in [1.807, 2.05) is 0 Å². The first-order chi connectivity index (χ1) is 6.92. The van der Waals surface area contributed by atoms with Crippen LogP contribution in [0.1, 0.15) is 11.1 Å². The Balaban J connectivity index is 1.66. The summed E-state index contributed by atoms with van der Waals surface area (Å²) in [5.74, 6) is 0. The van der Waals surface area contributed by atoms with Crippen LogP contribution < -0.4 is 10.6 Å². The van der Waals surface area contributed by atoms with Crippen molar-refractivity contribution in [1.82, 2.24) is 10.6 Å². The zero-order valence-corrected chi connectivity index (χ0v) is 8.29. The van der Waals surface area contributed by atoms with Gasteiger partial charge in [-0.3, -0.25) is 0 Å². The summed E-state index contributed by atoms with van der Waals surface area (Å²) < 4.78 is 0. The first-order valence-electron chi connectivity index (χ1n) is 5.45. The summed E-state index contributed by atoms with van der Waals surface area (Å²) in [6, 6.07) is 10.2. The van der Waals surface area contributed by atoms with Gasteiger partial charge in [0.1, 0.15) is 0 Å². The molecule has 0 bridgehead atoms. The molecular formula is C12H16N2. The number of fused-ring (bicyclic) bond motifs is 1. The second-order valence-electron chi connectivity index (χ2n) is 4.40. The van der Waals surface area contributed by atoms with Gasteiger partial charge in [0.2, 0.25) is 0 Å². The topological polar surface area (TPSA) is 24.1 Å². The fourth-order valence-corrected chi connectivity index (χ4v) is 2.42. The van der Waals surface area contributed by atoms with Crippen LogP contribution in [0, 0.1) is 0 Å². The first-order valence-corrected chi connectivity index (χ1v) is 5.45. The van der Waals surface area contributed by atoms with Crippen molar-refractivity contribution >= 4 is 0 Å². The molecule has 0 radical (unpaired) electrons. The van der Waals surface area contributed by atoms with Crippen molar-refractivity contribution in [3.8, 4) is 0 Å². The van der Waals surface area contributed by atoms with Gasteiger partial charge < -0.3 is 10.6 Å². The highest BCUT2D eigenvalue weighted by Crippen LogP contribution is 2.22. The second kappa shape index (κ2) is 3.37. The summed E-state index contributed by atoms with van der Waals surface area (Å²) in [7, 11) is 0. The monoisotopic (exact) mass is 188 g/mol. The van der Waals surface area contributed by atoms with Crippen molar-refractivity contribution in [3.63, 3.8) is 0 Å². The van der Waals surface area contributed by atoms with E-state index >= 15 is 0 Å². The molecule has 0 unspecified atom stereocenters. The third-order valence-electron chi connectivity index (χ3n) is 3.30. The summed E-state index contributed by atoms with van der Waals surface area (Å²) in [4.78, 5) is 0. The maximum absolute atomic E-state index is 3.70. The van der Waals surface area contributed by atoms with Gasteiger partial charge in [-0.25, -0.2) is 0 Å². The maximum atomic E-state index is 3.70. The Kier molecular flexibility index (Phi) is 2.03. The van der Waals surface area contributed by atoms with Crippen LogP contribution in [-0.4, -0.2) is 25.2 Å². The van der Waals surface area contributed by atoms with Crippen molar-refractivity contribution < 1.29 is 0 Å². The molecule has 0 amide bonds. The lowest BCUT2D eigenvalue weighted by atomic mass is 10.1. The zero-order valence-electron chi connectivity index (χ0n) is 8.29. The highest BCUT2D eigenvalue weighted by atomic mass is 15.1. The van der Waals surface area contributed by atoms with Crippen molar-refractivity contribution in [2.24, 2.45) is 0 Å². The Hall–Kier alpha value is -0.860. The third-order valence-corrected chi connectivity index (χ3v) is 3.30. The van der Waals surface area contributed by atoms with E-state index in [1.54, 1.807) is 0 Å². The largest absolute Gasteiger partial charge is 0.314 e. The molecule has 1 saturated heterocycles. The molecule has 2 heteroatoms. The molecule has 0 saturated carbocycles. The van der Waals surface area contributed by atoms with E-state index in [1.165, 1.54) is 24.0 Å². The summed E-state index contributed by atoms with van der Waals surface area (Å²) in [6.45, 7) is 2.29. The number of hydrogen-bond donors (Lipinski definition) is 2. The number of rotatable bonds is 2. The molecule has 0 atom stereocenters. The minimum atomic E-state index is 0.680. The predicted molar refractivity (Wildman–Crippen MR) is 57.4 cm³/mol. The van der Waals surface area contributed by atoms with Gasteiger partial charge >= 0.3 is 0 Å². The van der Waals surface area contributed by atoms with Crippen LogP contribution in [0.2, 0.25) is 0 Å². The smallest absolute Gasteiger partial charge is 0.0320 e. The Morgan fingerprint density at radius 3 is 2.14 bits per heavy atom. The summed E-state index contributed by atoms with van der Waals surface area (Å²) in [6.07, 6.45) is 2.43. The van der Waals surface area contributed by atoms with Crippen LogP contribution in [0.25, 0.3) is 0 Å². The van der Waals surface area contributed by atoms with Gasteiger partial charge in [0.25, 0.3) is 0 Å². The molecule has 1 aliphatic carbocycles. The summed E-state index contributed by atoms with van der Waals surface area (Å²) >= 11 is 0. The van der Waals surface area contributed by atoms with Gasteiger partial charge in [0.05, 0.1) is 0 Å². The van der Waals surface area contributed by atoms with E-state index in [9.17, 15) is 0 Å². The predicted octanol–water partition coefficient (Wildman–Crippen LogP) is 0.715. The first kappa shape index (κ1) is 8.45. The van der Waals surface area contributed by atoms with Crippen LogP contribution in [0.15, 0.2) is 24.3 Å². The molecular weight excluding hydrogens is 172 g/mol. The van der Waals surface area contributed by atoms with Gasteiger partial charge in [-0.05, 0) is 24.0 Å². The van der Waals surface area contributed by atoms with Gasteiger partial charge in [-0.15, -0.1) is 0 Å². The molecule has 1 heterocycles. The average Bonchev–Trinajstić information content (AvgIpc) is 2.53. The standard InChI is InChI=1S/C12H16N2/c1-2-4-10-6-11(5-9(10)3-1)14-12-7-13-8-12/h1-4,11-14H,5-8H2. The molecule has 3 rings (SSSR count). The van der Waals surface area contributed by atoms with E-state index in [2.05, 4.69) is 34.9 Å². The second-order valence-corrected chi connectivity index (χ2v) is 4.40. The molecule has 1 aromatic carbocycles. The lowest BCUT2D eigenvalue weighted by molar-refractivity contribution is 0.330. The fourth-order valence-electron chi connectivity index (χ4n) is 2.42. The zero-order chi connectivity index (χ0) is 9.38. The Morgan fingerprint density at radius 2 is 1.64 bits per heavy atom. The van der Waals surface area contributed by atoms with Crippen LogP contribution in [-0.2, 0) is 12.8 Å². The van der Waals surface area contributed by atoms with Gasteiger partial charge in [-0.2, -0.15) is 0 Å². The molecule has 2 nitrogen and oxygen atoms in total. The van der Waals surface area contributed by atoms with Crippen LogP contribution in [0.3, 0.4) is 0 Å². The Morgan fingerprint density at radius 1 is 1.00 bits per heavy atom. The molecule has 1 aromatic rings. The van der Waals surface area contributed by atoms with E-state index in [-0.39, 0.29) is 0 Å². The maximum Gasteiger partial charge on any atom is 0.0320 e. The summed E-state index contributed by atoms with van der Waals surface area (Å²) in [5, 5.41) is 6.99. The van der Waals surface area contributed by atoms with Crippen molar-refractivity contribution in [1.29, 1.82) is 0 Å². The molecule has 1 fully saturated rings. The van der Waals surface area contributed by atoms with Crippen molar-refractivity contribution in [2.75, 3.05) is 13.1 Å². The molecule has 1 aliphatic heterocycles. The quantitative estimate of drug-likeness (QED) is 0.714. The molecule has 0 spiro atoms. The SMILES string of the molecule is c1ccc2c(c1)CC(NC1CNC1)C2. The molecule has 74 valence electrons. The van der Waals surface area contributed by atoms with Gasteiger partial charge in [-0.1, -0.05) is 24.3 Å². The van der Waals surface area contributed by atoms with E-state index in [0.29, 0.717) is 12.1 Å². The Bertz CT molecular complexity index is 306. The average molecular weight is 188 g/mol.